The molecule has 0 amide bonds. The SMILES string of the molecule is Cn1ccc(CSCc2ccc(Cl)c3cccnc23)cc1=O. The summed E-state index contributed by atoms with van der Waals surface area (Å²) in [4.78, 5) is 16.1. The van der Waals surface area contributed by atoms with Crippen molar-refractivity contribution in [3.05, 3.63) is 75.3 Å². The van der Waals surface area contributed by atoms with E-state index in [2.05, 4.69) is 4.98 Å². The molecule has 2 heterocycles. The molecule has 0 saturated heterocycles. The molecule has 0 aliphatic rings. The third-order valence-corrected chi connectivity index (χ3v) is 4.88. The molecule has 5 heteroatoms. The number of halogens is 1. The van der Waals surface area contributed by atoms with Gasteiger partial charge in [-0.25, -0.2) is 0 Å². The number of fused-ring (bicyclic) bond motifs is 1. The predicted molar refractivity (Wildman–Crippen MR) is 93.4 cm³/mol. The number of nitrogens with zero attached hydrogens (tertiary/aromatic N) is 2. The highest BCUT2D eigenvalue weighted by Gasteiger charge is 2.06. The Kier molecular flexibility index (Phi) is 4.50. The van der Waals surface area contributed by atoms with Crippen LogP contribution in [-0.4, -0.2) is 9.55 Å². The van der Waals surface area contributed by atoms with Crippen molar-refractivity contribution in [2.45, 2.75) is 11.5 Å². The molecular formula is C17H15ClN2OS. The van der Waals surface area contributed by atoms with Crippen LogP contribution in [-0.2, 0) is 18.6 Å². The van der Waals surface area contributed by atoms with Gasteiger partial charge in [-0.15, -0.1) is 0 Å². The zero-order chi connectivity index (χ0) is 15.5. The molecule has 0 bridgehead atoms. The summed E-state index contributed by atoms with van der Waals surface area (Å²) in [6.45, 7) is 0. The Labute approximate surface area is 138 Å². The Bertz CT molecular complexity index is 876. The van der Waals surface area contributed by atoms with Gasteiger partial charge in [-0.3, -0.25) is 9.78 Å². The van der Waals surface area contributed by atoms with Crippen molar-refractivity contribution in [1.82, 2.24) is 9.55 Å². The van der Waals surface area contributed by atoms with Crippen molar-refractivity contribution in [2.24, 2.45) is 7.05 Å². The standard InChI is InChI=1S/C17H15ClN2OS/c1-20-8-6-12(9-16(20)21)10-22-11-13-4-5-15(18)14-3-2-7-19-17(13)14/h2-9H,10-11H2,1H3. The van der Waals surface area contributed by atoms with Crippen LogP contribution >= 0.6 is 23.4 Å². The number of aryl methyl sites for hydroxylation is 1. The quantitative estimate of drug-likeness (QED) is 0.724. The Hall–Kier alpha value is -1.78. The molecule has 3 aromatic rings. The largest absolute Gasteiger partial charge is 0.319 e. The van der Waals surface area contributed by atoms with Gasteiger partial charge in [-0.2, -0.15) is 11.8 Å². The second-order valence-corrected chi connectivity index (χ2v) is 6.48. The number of thioether (sulfide) groups is 1. The van der Waals surface area contributed by atoms with Gasteiger partial charge >= 0.3 is 0 Å². The molecule has 0 radical (unpaired) electrons. The zero-order valence-electron chi connectivity index (χ0n) is 12.1. The first-order valence-corrected chi connectivity index (χ1v) is 8.44. The topological polar surface area (TPSA) is 34.9 Å². The second-order valence-electron chi connectivity index (χ2n) is 5.08. The Morgan fingerprint density at radius 2 is 2.09 bits per heavy atom. The minimum Gasteiger partial charge on any atom is -0.319 e. The zero-order valence-corrected chi connectivity index (χ0v) is 13.7. The highest BCUT2D eigenvalue weighted by atomic mass is 35.5. The van der Waals surface area contributed by atoms with Crippen LogP contribution in [0, 0.1) is 0 Å². The van der Waals surface area contributed by atoms with E-state index in [1.165, 1.54) is 0 Å². The summed E-state index contributed by atoms with van der Waals surface area (Å²) < 4.78 is 1.57. The summed E-state index contributed by atoms with van der Waals surface area (Å²) >= 11 is 7.97. The minimum atomic E-state index is 0.0247. The van der Waals surface area contributed by atoms with Gasteiger partial charge in [0.1, 0.15) is 0 Å². The molecule has 112 valence electrons. The first-order chi connectivity index (χ1) is 10.6. The lowest BCUT2D eigenvalue weighted by Gasteiger charge is -2.07. The van der Waals surface area contributed by atoms with E-state index in [9.17, 15) is 4.79 Å². The first kappa shape index (κ1) is 15.1. The van der Waals surface area contributed by atoms with Crippen molar-refractivity contribution in [2.75, 3.05) is 0 Å². The molecule has 3 nitrogen and oxygen atoms in total. The lowest BCUT2D eigenvalue weighted by molar-refractivity contribution is 0.855. The lowest BCUT2D eigenvalue weighted by atomic mass is 10.1. The van der Waals surface area contributed by atoms with Gasteiger partial charge in [-0.05, 0) is 35.4 Å². The van der Waals surface area contributed by atoms with E-state index in [0.29, 0.717) is 0 Å². The van der Waals surface area contributed by atoms with E-state index in [-0.39, 0.29) is 5.56 Å². The third-order valence-electron chi connectivity index (χ3n) is 3.50. The van der Waals surface area contributed by atoms with E-state index >= 15 is 0 Å². The number of aromatic nitrogens is 2. The fourth-order valence-electron chi connectivity index (χ4n) is 2.27. The van der Waals surface area contributed by atoms with Crippen LogP contribution in [0.3, 0.4) is 0 Å². The van der Waals surface area contributed by atoms with Crippen LogP contribution in [0.15, 0.2) is 53.6 Å². The lowest BCUT2D eigenvalue weighted by Crippen LogP contribution is -2.14. The smallest absolute Gasteiger partial charge is 0.250 e. The predicted octanol–water partition coefficient (Wildman–Crippen LogP) is 4.02. The highest BCUT2D eigenvalue weighted by Crippen LogP contribution is 2.28. The van der Waals surface area contributed by atoms with Gasteiger partial charge in [-0.1, -0.05) is 17.7 Å². The van der Waals surface area contributed by atoms with Crippen molar-refractivity contribution in [3.8, 4) is 0 Å². The van der Waals surface area contributed by atoms with Crippen LogP contribution in [0.1, 0.15) is 11.1 Å². The normalized spacial score (nSPS) is 11.0. The van der Waals surface area contributed by atoms with E-state index in [1.807, 2.05) is 30.3 Å². The van der Waals surface area contributed by atoms with Crippen LogP contribution in [0.5, 0.6) is 0 Å². The maximum Gasteiger partial charge on any atom is 0.250 e. The molecule has 22 heavy (non-hydrogen) atoms. The second kappa shape index (κ2) is 6.55. The summed E-state index contributed by atoms with van der Waals surface area (Å²) in [7, 11) is 1.75. The summed E-state index contributed by atoms with van der Waals surface area (Å²) in [5.74, 6) is 1.63. The molecule has 0 saturated carbocycles. The van der Waals surface area contributed by atoms with Gasteiger partial charge < -0.3 is 4.57 Å². The molecule has 0 spiro atoms. The number of hydrogen-bond donors (Lipinski definition) is 0. The summed E-state index contributed by atoms with van der Waals surface area (Å²) in [5.41, 5.74) is 3.18. The summed E-state index contributed by atoms with van der Waals surface area (Å²) in [6, 6.07) is 11.5. The number of benzene rings is 1. The van der Waals surface area contributed by atoms with Crippen molar-refractivity contribution >= 4 is 34.3 Å². The first-order valence-electron chi connectivity index (χ1n) is 6.90. The fourth-order valence-corrected chi connectivity index (χ4v) is 3.46. The number of pyridine rings is 2. The molecule has 1 aromatic carbocycles. The minimum absolute atomic E-state index is 0.0247. The Balaban J connectivity index is 1.75. The van der Waals surface area contributed by atoms with Crippen LogP contribution in [0.2, 0.25) is 5.02 Å². The van der Waals surface area contributed by atoms with Crippen LogP contribution in [0.4, 0.5) is 0 Å². The molecular weight excluding hydrogens is 316 g/mol. The maximum absolute atomic E-state index is 11.6. The van der Waals surface area contributed by atoms with E-state index in [1.54, 1.807) is 41.8 Å². The molecule has 0 fully saturated rings. The molecule has 0 aliphatic heterocycles. The monoisotopic (exact) mass is 330 g/mol. The van der Waals surface area contributed by atoms with Crippen molar-refractivity contribution in [3.63, 3.8) is 0 Å². The maximum atomic E-state index is 11.6. The third kappa shape index (κ3) is 3.18. The fraction of sp³-hybridized carbons (Fsp3) is 0.176. The average molecular weight is 331 g/mol. The van der Waals surface area contributed by atoms with Gasteiger partial charge in [0.2, 0.25) is 0 Å². The van der Waals surface area contributed by atoms with Gasteiger partial charge in [0.25, 0.3) is 5.56 Å². The number of rotatable bonds is 4. The van der Waals surface area contributed by atoms with Gasteiger partial charge in [0.05, 0.1) is 5.52 Å². The van der Waals surface area contributed by atoms with Crippen molar-refractivity contribution < 1.29 is 0 Å². The van der Waals surface area contributed by atoms with E-state index < -0.39 is 0 Å². The number of hydrogen-bond acceptors (Lipinski definition) is 3. The van der Waals surface area contributed by atoms with Gasteiger partial charge in [0.15, 0.2) is 0 Å². The molecule has 0 aliphatic carbocycles. The highest BCUT2D eigenvalue weighted by molar-refractivity contribution is 7.97. The molecule has 3 rings (SSSR count). The summed E-state index contributed by atoms with van der Waals surface area (Å²) in [6.07, 6.45) is 3.59. The van der Waals surface area contributed by atoms with E-state index in [0.717, 1.165) is 38.6 Å². The van der Waals surface area contributed by atoms with Gasteiger partial charge in [0, 0.05) is 47.4 Å². The average Bonchev–Trinajstić information content (AvgIpc) is 2.53. The molecule has 0 unspecified atom stereocenters. The molecule has 0 atom stereocenters. The van der Waals surface area contributed by atoms with E-state index in [4.69, 9.17) is 11.6 Å². The Morgan fingerprint density at radius 3 is 2.91 bits per heavy atom. The molecule has 0 N–H and O–H groups in total. The van der Waals surface area contributed by atoms with Crippen LogP contribution < -0.4 is 5.56 Å². The summed E-state index contributed by atoms with van der Waals surface area (Å²) in [5, 5.41) is 1.71. The van der Waals surface area contributed by atoms with Crippen LogP contribution in [0.25, 0.3) is 10.9 Å². The Morgan fingerprint density at radius 1 is 1.23 bits per heavy atom. The van der Waals surface area contributed by atoms with Crippen molar-refractivity contribution in [1.29, 1.82) is 0 Å². The molecule has 2 aromatic heterocycles.